The molecule has 5 aliphatic rings. The monoisotopic (exact) mass is 541 g/mol. The minimum absolute atomic E-state index is 0.0203. The molecule has 2 aromatic rings. The number of carbonyl (C=O) groups is 1. The van der Waals surface area contributed by atoms with Gasteiger partial charge in [0.05, 0.1) is 12.6 Å². The van der Waals surface area contributed by atoms with Crippen molar-refractivity contribution in [3.63, 3.8) is 0 Å². The van der Waals surface area contributed by atoms with Crippen molar-refractivity contribution in [3.8, 4) is 17.2 Å². The molecule has 5 aliphatic heterocycles. The van der Waals surface area contributed by atoms with Crippen LogP contribution in [0.4, 0.5) is 5.69 Å². The highest BCUT2D eigenvalue weighted by atomic mass is 16.8. The number of hydrogen-bond donors (Lipinski definition) is 2. The van der Waals surface area contributed by atoms with Crippen LogP contribution in [0, 0.1) is 0 Å². The van der Waals surface area contributed by atoms with E-state index in [0.717, 1.165) is 23.2 Å². The summed E-state index contributed by atoms with van der Waals surface area (Å²) in [5.41, 5.74) is 1.71. The molecular weight excluding hydrogens is 506 g/mol. The van der Waals surface area contributed by atoms with Gasteiger partial charge >= 0.3 is 0 Å². The molecular formula is C29H35NO9. The average molecular weight is 542 g/mol. The molecule has 1 spiro atoms. The highest BCUT2D eigenvalue weighted by Crippen LogP contribution is 2.55. The minimum Gasteiger partial charge on any atom is -0.491 e. The fraction of sp³-hybridized carbons (Fsp3) is 0.552. The molecule has 2 fully saturated rings. The van der Waals surface area contributed by atoms with Crippen LogP contribution in [0.25, 0.3) is 0 Å². The lowest BCUT2D eigenvalue weighted by Crippen LogP contribution is -2.51. The number of rotatable bonds is 2. The van der Waals surface area contributed by atoms with Crippen molar-refractivity contribution in [2.75, 3.05) is 37.9 Å². The summed E-state index contributed by atoms with van der Waals surface area (Å²) in [6.45, 7) is 8.63. The van der Waals surface area contributed by atoms with E-state index in [1.165, 1.54) is 13.8 Å². The Labute approximate surface area is 227 Å². The summed E-state index contributed by atoms with van der Waals surface area (Å²) in [5, 5.41) is 16.2. The predicted molar refractivity (Wildman–Crippen MR) is 139 cm³/mol. The first-order valence-corrected chi connectivity index (χ1v) is 13.4. The standard InChI is InChI=1S/C26H27NO7.C3H8O2/c1-25(2)33-18-7-8-29-22(23(18)34-25)13-27-17-6-4-3-5-15(17)26(24(27)28)14-32-19-12-21-20(11-16(19)26)30-9-10-31-21;1-3(2,4)5/h3-6,11-12,18,22-23H,7-10,13-14H2,1-2H3;4-5H,1-2H3/t18-,22?,23?,26?;/m1./s1. The van der Waals surface area contributed by atoms with Crippen LogP contribution in [0.5, 0.6) is 17.2 Å². The SMILES string of the molecule is CC(C)(O)O.CC1(C)OC2C(CN3C(=O)C4(COc5cc6c(cc54)OCCO6)c4ccccc43)OCC[C@H]2O1. The fourth-order valence-corrected chi connectivity index (χ4v) is 6.06. The Bertz CT molecular complexity index is 1270. The van der Waals surface area contributed by atoms with Crippen LogP contribution >= 0.6 is 0 Å². The molecule has 0 saturated carbocycles. The second-order valence-electron chi connectivity index (χ2n) is 11.4. The summed E-state index contributed by atoms with van der Waals surface area (Å²) in [7, 11) is 0. The number of nitrogens with zero attached hydrogens (tertiary/aromatic N) is 1. The maximum atomic E-state index is 14.3. The summed E-state index contributed by atoms with van der Waals surface area (Å²) < 4.78 is 36.1. The first-order chi connectivity index (χ1) is 18.5. The van der Waals surface area contributed by atoms with Crippen molar-refractivity contribution < 1.29 is 43.4 Å². The van der Waals surface area contributed by atoms with Gasteiger partial charge in [0.15, 0.2) is 23.1 Å². The molecule has 0 bridgehead atoms. The fourth-order valence-electron chi connectivity index (χ4n) is 6.06. The highest BCUT2D eigenvalue weighted by molar-refractivity contribution is 6.11. The van der Waals surface area contributed by atoms with Crippen LogP contribution in [0.3, 0.4) is 0 Å². The van der Waals surface area contributed by atoms with Crippen LogP contribution in [-0.2, 0) is 24.4 Å². The Morgan fingerprint density at radius 3 is 2.38 bits per heavy atom. The maximum Gasteiger partial charge on any atom is 0.245 e. The topological polar surface area (TPSA) is 116 Å². The number of ether oxygens (including phenoxy) is 6. The lowest BCUT2D eigenvalue weighted by atomic mass is 9.77. The molecule has 2 N–H and O–H groups in total. The zero-order chi connectivity index (χ0) is 27.6. The molecule has 2 saturated heterocycles. The van der Waals surface area contributed by atoms with Gasteiger partial charge in [0.1, 0.15) is 43.2 Å². The molecule has 0 aliphatic carbocycles. The third kappa shape index (κ3) is 4.64. The maximum absolute atomic E-state index is 14.3. The molecule has 5 heterocycles. The number of aliphatic hydroxyl groups is 2. The molecule has 0 radical (unpaired) electrons. The first kappa shape index (κ1) is 26.3. The van der Waals surface area contributed by atoms with Crippen LogP contribution in [0.1, 0.15) is 45.2 Å². The molecule has 7 rings (SSSR count). The smallest absolute Gasteiger partial charge is 0.245 e. The molecule has 0 aromatic heterocycles. The average Bonchev–Trinajstić information content (AvgIpc) is 3.48. The van der Waals surface area contributed by atoms with Gasteiger partial charge in [-0.2, -0.15) is 0 Å². The van der Waals surface area contributed by atoms with Crippen molar-refractivity contribution in [3.05, 3.63) is 47.5 Å². The third-order valence-electron chi connectivity index (χ3n) is 7.50. The van der Waals surface area contributed by atoms with Gasteiger partial charge in [-0.1, -0.05) is 18.2 Å². The molecule has 4 atom stereocenters. The van der Waals surface area contributed by atoms with E-state index in [-0.39, 0.29) is 30.8 Å². The largest absolute Gasteiger partial charge is 0.491 e. The highest BCUT2D eigenvalue weighted by Gasteiger charge is 2.58. The predicted octanol–water partition coefficient (Wildman–Crippen LogP) is 2.50. The van der Waals surface area contributed by atoms with E-state index in [0.29, 0.717) is 43.6 Å². The molecule has 10 nitrogen and oxygen atoms in total. The summed E-state index contributed by atoms with van der Waals surface area (Å²) in [5.74, 6) is -0.212. The van der Waals surface area contributed by atoms with Crippen LogP contribution in [0.15, 0.2) is 36.4 Å². The Morgan fingerprint density at radius 2 is 1.64 bits per heavy atom. The van der Waals surface area contributed by atoms with E-state index in [2.05, 4.69) is 0 Å². The van der Waals surface area contributed by atoms with Gasteiger partial charge in [-0.05, 0) is 51.8 Å². The van der Waals surface area contributed by atoms with Crippen LogP contribution < -0.4 is 19.1 Å². The number of fused-ring (bicyclic) bond motifs is 6. The molecule has 2 aromatic carbocycles. The number of para-hydroxylation sites is 1. The summed E-state index contributed by atoms with van der Waals surface area (Å²) in [6.07, 6.45) is 0.252. The summed E-state index contributed by atoms with van der Waals surface area (Å²) >= 11 is 0. The normalized spacial score (nSPS) is 29.7. The van der Waals surface area contributed by atoms with E-state index < -0.39 is 17.0 Å². The van der Waals surface area contributed by atoms with Gasteiger partial charge in [0, 0.05) is 23.9 Å². The van der Waals surface area contributed by atoms with Gasteiger partial charge in [-0.3, -0.25) is 4.79 Å². The van der Waals surface area contributed by atoms with E-state index >= 15 is 0 Å². The lowest BCUT2D eigenvalue weighted by Gasteiger charge is -2.34. The van der Waals surface area contributed by atoms with Gasteiger partial charge in [-0.25, -0.2) is 0 Å². The Kier molecular flexibility index (Phi) is 6.31. The van der Waals surface area contributed by atoms with Crippen molar-refractivity contribution in [1.29, 1.82) is 0 Å². The first-order valence-electron chi connectivity index (χ1n) is 13.4. The summed E-state index contributed by atoms with van der Waals surface area (Å²) in [6, 6.07) is 11.7. The Balaban J connectivity index is 0.000000510. The van der Waals surface area contributed by atoms with Gasteiger partial charge in [0.25, 0.3) is 0 Å². The molecule has 1 amide bonds. The Morgan fingerprint density at radius 1 is 0.949 bits per heavy atom. The van der Waals surface area contributed by atoms with Gasteiger partial charge in [-0.15, -0.1) is 0 Å². The molecule has 10 heteroatoms. The van der Waals surface area contributed by atoms with Crippen molar-refractivity contribution in [1.82, 2.24) is 0 Å². The quantitative estimate of drug-likeness (QED) is 0.553. The van der Waals surface area contributed by atoms with Crippen molar-refractivity contribution in [2.45, 2.75) is 69.4 Å². The zero-order valence-electron chi connectivity index (χ0n) is 22.6. The lowest BCUT2D eigenvalue weighted by molar-refractivity contribution is -0.153. The third-order valence-corrected chi connectivity index (χ3v) is 7.50. The van der Waals surface area contributed by atoms with E-state index in [4.69, 9.17) is 38.6 Å². The van der Waals surface area contributed by atoms with E-state index in [9.17, 15) is 4.79 Å². The second kappa shape index (κ2) is 9.35. The Hall–Kier alpha value is -2.89. The molecule has 39 heavy (non-hydrogen) atoms. The van der Waals surface area contributed by atoms with Crippen LogP contribution in [-0.4, -0.2) is 79.0 Å². The number of carbonyl (C=O) groups excluding carboxylic acids is 1. The number of benzene rings is 2. The van der Waals surface area contributed by atoms with Gasteiger partial charge in [0.2, 0.25) is 5.91 Å². The van der Waals surface area contributed by atoms with Crippen molar-refractivity contribution in [2.24, 2.45) is 0 Å². The zero-order valence-corrected chi connectivity index (χ0v) is 22.6. The molecule has 3 unspecified atom stereocenters. The molecule has 210 valence electrons. The van der Waals surface area contributed by atoms with E-state index in [1.807, 2.05) is 55.1 Å². The second-order valence-corrected chi connectivity index (χ2v) is 11.4. The van der Waals surface area contributed by atoms with E-state index in [1.54, 1.807) is 0 Å². The number of amides is 1. The number of hydrogen-bond acceptors (Lipinski definition) is 9. The van der Waals surface area contributed by atoms with Crippen LogP contribution in [0.2, 0.25) is 0 Å². The minimum atomic E-state index is -1.50. The summed E-state index contributed by atoms with van der Waals surface area (Å²) in [4.78, 5) is 16.1. The number of anilines is 1. The van der Waals surface area contributed by atoms with Gasteiger partial charge < -0.3 is 43.5 Å². The van der Waals surface area contributed by atoms with Crippen molar-refractivity contribution >= 4 is 11.6 Å².